The summed E-state index contributed by atoms with van der Waals surface area (Å²) in [5.74, 6) is 2.02. The Morgan fingerprint density at radius 2 is 1.87 bits per heavy atom. The van der Waals surface area contributed by atoms with E-state index in [1.165, 1.54) is 32.1 Å². The number of rotatable bonds is 0. The van der Waals surface area contributed by atoms with E-state index in [9.17, 15) is 0 Å². The molecule has 0 bridgehead atoms. The topological polar surface area (TPSA) is 0 Å². The lowest BCUT2D eigenvalue weighted by atomic mass is 9.51. The van der Waals surface area contributed by atoms with E-state index in [4.69, 9.17) is 0 Å². The van der Waals surface area contributed by atoms with Gasteiger partial charge in [0.15, 0.2) is 0 Å². The summed E-state index contributed by atoms with van der Waals surface area (Å²) in [7, 11) is 0. The van der Waals surface area contributed by atoms with Crippen molar-refractivity contribution in [3.8, 4) is 0 Å². The van der Waals surface area contributed by atoms with Gasteiger partial charge in [0.1, 0.15) is 0 Å². The van der Waals surface area contributed by atoms with E-state index in [0.717, 1.165) is 11.8 Å². The Bertz CT molecular complexity index is 334. The van der Waals surface area contributed by atoms with Gasteiger partial charge in [0.25, 0.3) is 0 Å². The fraction of sp³-hybridized carbons (Fsp3) is 0.867. The maximum atomic E-state index is 2.55. The predicted octanol–water partition coefficient (Wildman–Crippen LogP) is 4.56. The molecule has 0 heteroatoms. The van der Waals surface area contributed by atoms with Crippen molar-refractivity contribution in [2.45, 2.75) is 59.8 Å². The Balaban J connectivity index is 1.98. The molecular formula is C15H24. The van der Waals surface area contributed by atoms with Crippen LogP contribution in [0.2, 0.25) is 0 Å². The van der Waals surface area contributed by atoms with Crippen LogP contribution in [0.5, 0.6) is 0 Å². The molecule has 0 aromatic heterocycles. The van der Waals surface area contributed by atoms with Gasteiger partial charge in [-0.2, -0.15) is 0 Å². The van der Waals surface area contributed by atoms with Crippen LogP contribution >= 0.6 is 0 Å². The molecule has 0 aromatic rings. The van der Waals surface area contributed by atoms with Crippen LogP contribution in [0.25, 0.3) is 0 Å². The van der Waals surface area contributed by atoms with Crippen LogP contribution in [0, 0.1) is 22.7 Å². The first-order valence-electron chi connectivity index (χ1n) is 6.61. The number of allylic oxidation sites excluding steroid dienone is 2. The van der Waals surface area contributed by atoms with Gasteiger partial charge in [-0.15, -0.1) is 0 Å². The monoisotopic (exact) mass is 204 g/mol. The molecule has 2 saturated carbocycles. The fourth-order valence-corrected chi connectivity index (χ4v) is 4.93. The second-order valence-corrected chi connectivity index (χ2v) is 7.32. The van der Waals surface area contributed by atoms with Crippen LogP contribution in [0.15, 0.2) is 11.1 Å². The van der Waals surface area contributed by atoms with Crippen molar-refractivity contribution in [1.29, 1.82) is 0 Å². The minimum atomic E-state index is 0.615. The molecule has 3 aliphatic carbocycles. The summed E-state index contributed by atoms with van der Waals surface area (Å²) in [6, 6.07) is 0. The maximum absolute atomic E-state index is 2.55. The molecule has 3 rings (SSSR count). The standard InChI is InChI=1S/C15H24/c1-10-7-11-8-14(2,3)9-13(11)15(4)6-5-12(10)15/h11,13H,5-9H2,1-4H3/t11-,13+,15-/m1/s1. The summed E-state index contributed by atoms with van der Waals surface area (Å²) >= 11 is 0. The lowest BCUT2D eigenvalue weighted by molar-refractivity contribution is 0.0947. The van der Waals surface area contributed by atoms with Gasteiger partial charge in [-0.1, -0.05) is 31.9 Å². The van der Waals surface area contributed by atoms with E-state index < -0.39 is 0 Å². The largest absolute Gasteiger partial charge is 0.0733 e. The Kier molecular flexibility index (Phi) is 1.79. The number of fused-ring (bicyclic) bond motifs is 3. The molecule has 84 valence electrons. The van der Waals surface area contributed by atoms with E-state index in [2.05, 4.69) is 27.7 Å². The molecule has 0 aliphatic heterocycles. The first kappa shape index (κ1) is 9.93. The molecule has 0 N–H and O–H groups in total. The second-order valence-electron chi connectivity index (χ2n) is 7.32. The van der Waals surface area contributed by atoms with Crippen LogP contribution in [-0.4, -0.2) is 0 Å². The van der Waals surface area contributed by atoms with Gasteiger partial charge in [-0.3, -0.25) is 0 Å². The SMILES string of the molecule is CC1=C2CC[C@@]2(C)[C@H]2CC(C)(C)C[C@H]2C1. The number of hydrogen-bond donors (Lipinski definition) is 0. The van der Waals surface area contributed by atoms with Crippen LogP contribution in [0.4, 0.5) is 0 Å². The highest BCUT2D eigenvalue weighted by Crippen LogP contribution is 2.65. The lowest BCUT2D eigenvalue weighted by Gasteiger charge is -2.53. The Morgan fingerprint density at radius 1 is 1.13 bits per heavy atom. The van der Waals surface area contributed by atoms with E-state index in [1.807, 2.05) is 5.57 Å². The molecule has 0 spiro atoms. The van der Waals surface area contributed by atoms with Gasteiger partial charge < -0.3 is 0 Å². The maximum Gasteiger partial charge on any atom is -0.00796 e. The van der Waals surface area contributed by atoms with E-state index >= 15 is 0 Å². The molecule has 0 unspecified atom stereocenters. The Morgan fingerprint density at radius 3 is 2.47 bits per heavy atom. The van der Waals surface area contributed by atoms with Crippen molar-refractivity contribution in [2.24, 2.45) is 22.7 Å². The smallest absolute Gasteiger partial charge is 0.00796 e. The summed E-state index contributed by atoms with van der Waals surface area (Å²) in [6.45, 7) is 9.90. The van der Waals surface area contributed by atoms with Crippen LogP contribution in [0.1, 0.15) is 59.8 Å². The van der Waals surface area contributed by atoms with Crippen molar-refractivity contribution in [1.82, 2.24) is 0 Å². The molecule has 2 fully saturated rings. The highest BCUT2D eigenvalue weighted by atomic mass is 14.6. The minimum absolute atomic E-state index is 0.615. The molecule has 0 radical (unpaired) electrons. The normalized spacial score (nSPS) is 47.2. The van der Waals surface area contributed by atoms with Crippen molar-refractivity contribution in [3.63, 3.8) is 0 Å². The van der Waals surface area contributed by atoms with Crippen molar-refractivity contribution in [3.05, 3.63) is 11.1 Å². The van der Waals surface area contributed by atoms with E-state index in [-0.39, 0.29) is 0 Å². The van der Waals surface area contributed by atoms with Crippen molar-refractivity contribution < 1.29 is 0 Å². The summed E-state index contributed by atoms with van der Waals surface area (Å²) in [5.41, 5.74) is 4.84. The quantitative estimate of drug-likeness (QED) is 0.507. The Labute approximate surface area is 94.1 Å². The van der Waals surface area contributed by atoms with E-state index in [0.29, 0.717) is 10.8 Å². The zero-order valence-corrected chi connectivity index (χ0v) is 10.7. The summed E-state index contributed by atoms with van der Waals surface area (Å²) in [5, 5.41) is 0. The van der Waals surface area contributed by atoms with Crippen LogP contribution in [0.3, 0.4) is 0 Å². The molecule has 0 nitrogen and oxygen atoms in total. The van der Waals surface area contributed by atoms with Gasteiger partial charge in [0.05, 0.1) is 0 Å². The molecule has 0 aromatic carbocycles. The van der Waals surface area contributed by atoms with E-state index in [1.54, 1.807) is 5.57 Å². The zero-order chi connectivity index (χ0) is 10.8. The summed E-state index contributed by atoms with van der Waals surface area (Å²) in [4.78, 5) is 0. The van der Waals surface area contributed by atoms with Gasteiger partial charge in [-0.25, -0.2) is 0 Å². The average molecular weight is 204 g/mol. The second kappa shape index (κ2) is 2.70. The van der Waals surface area contributed by atoms with Gasteiger partial charge >= 0.3 is 0 Å². The van der Waals surface area contributed by atoms with Crippen molar-refractivity contribution >= 4 is 0 Å². The minimum Gasteiger partial charge on any atom is -0.0733 e. The Hall–Kier alpha value is -0.260. The average Bonchev–Trinajstić information content (AvgIpc) is 2.36. The molecule has 3 atom stereocenters. The van der Waals surface area contributed by atoms with Crippen LogP contribution < -0.4 is 0 Å². The zero-order valence-electron chi connectivity index (χ0n) is 10.7. The highest BCUT2D eigenvalue weighted by molar-refractivity contribution is 5.33. The first-order valence-corrected chi connectivity index (χ1v) is 6.61. The molecular weight excluding hydrogens is 180 g/mol. The van der Waals surface area contributed by atoms with Gasteiger partial charge in [0.2, 0.25) is 0 Å². The molecule has 15 heavy (non-hydrogen) atoms. The summed E-state index contributed by atoms with van der Waals surface area (Å²) < 4.78 is 0. The first-order chi connectivity index (χ1) is 6.92. The third kappa shape index (κ3) is 1.20. The fourth-order valence-electron chi connectivity index (χ4n) is 4.93. The van der Waals surface area contributed by atoms with Gasteiger partial charge in [0, 0.05) is 0 Å². The number of hydrogen-bond acceptors (Lipinski definition) is 0. The predicted molar refractivity (Wildman–Crippen MR) is 64.7 cm³/mol. The third-order valence-corrected chi connectivity index (χ3v) is 5.64. The van der Waals surface area contributed by atoms with Crippen molar-refractivity contribution in [2.75, 3.05) is 0 Å². The highest BCUT2D eigenvalue weighted by Gasteiger charge is 2.55. The summed E-state index contributed by atoms with van der Waals surface area (Å²) in [6.07, 6.45) is 7.24. The lowest BCUT2D eigenvalue weighted by Crippen LogP contribution is -2.42. The third-order valence-electron chi connectivity index (χ3n) is 5.64. The molecule has 3 aliphatic rings. The molecule has 0 saturated heterocycles. The van der Waals surface area contributed by atoms with Gasteiger partial charge in [-0.05, 0) is 61.7 Å². The molecule has 0 heterocycles. The molecule has 0 amide bonds. The van der Waals surface area contributed by atoms with Crippen LogP contribution in [-0.2, 0) is 0 Å².